The highest BCUT2D eigenvalue weighted by Crippen LogP contribution is 2.19. The molecular weight excluding hydrogens is 226 g/mol. The van der Waals surface area contributed by atoms with Gasteiger partial charge in [0, 0.05) is 16.7 Å². The van der Waals surface area contributed by atoms with Gasteiger partial charge in [-0.2, -0.15) is 0 Å². The SMILES string of the molecule is C=CCCNc1ccc(Br)c(C)c1. The number of nitrogens with one attached hydrogen (secondary N) is 1. The second-order valence-electron chi connectivity index (χ2n) is 2.97. The highest BCUT2D eigenvalue weighted by atomic mass is 79.9. The van der Waals surface area contributed by atoms with E-state index in [1.54, 1.807) is 0 Å². The van der Waals surface area contributed by atoms with Crippen LogP contribution in [0, 0.1) is 6.92 Å². The van der Waals surface area contributed by atoms with E-state index in [4.69, 9.17) is 0 Å². The lowest BCUT2D eigenvalue weighted by atomic mass is 10.2. The zero-order chi connectivity index (χ0) is 9.68. The largest absolute Gasteiger partial charge is 0.385 e. The van der Waals surface area contributed by atoms with E-state index >= 15 is 0 Å². The zero-order valence-electron chi connectivity index (χ0n) is 7.81. The second-order valence-corrected chi connectivity index (χ2v) is 3.82. The molecular formula is C11H14BrN. The van der Waals surface area contributed by atoms with Crippen LogP contribution in [-0.4, -0.2) is 6.54 Å². The maximum Gasteiger partial charge on any atom is 0.0343 e. The van der Waals surface area contributed by atoms with Crippen LogP contribution in [0.15, 0.2) is 35.3 Å². The number of benzene rings is 1. The summed E-state index contributed by atoms with van der Waals surface area (Å²) in [5, 5.41) is 3.32. The molecule has 0 amide bonds. The van der Waals surface area contributed by atoms with Gasteiger partial charge in [-0.3, -0.25) is 0 Å². The summed E-state index contributed by atoms with van der Waals surface area (Å²) in [6.45, 7) is 6.71. The molecule has 0 radical (unpaired) electrons. The lowest BCUT2D eigenvalue weighted by Gasteiger charge is -2.06. The molecule has 0 aliphatic heterocycles. The normalized spacial score (nSPS) is 9.69. The molecule has 1 nitrogen and oxygen atoms in total. The number of hydrogen-bond acceptors (Lipinski definition) is 1. The Morgan fingerprint density at radius 1 is 1.54 bits per heavy atom. The van der Waals surface area contributed by atoms with E-state index in [1.165, 1.54) is 11.3 Å². The first-order chi connectivity index (χ1) is 6.24. The first-order valence-corrected chi connectivity index (χ1v) is 5.14. The molecule has 13 heavy (non-hydrogen) atoms. The average molecular weight is 240 g/mol. The molecule has 0 unspecified atom stereocenters. The molecule has 0 spiro atoms. The van der Waals surface area contributed by atoms with Crippen LogP contribution >= 0.6 is 15.9 Å². The van der Waals surface area contributed by atoms with Gasteiger partial charge in [0.15, 0.2) is 0 Å². The molecule has 1 N–H and O–H groups in total. The number of rotatable bonds is 4. The van der Waals surface area contributed by atoms with Crippen molar-refractivity contribution >= 4 is 21.6 Å². The lowest BCUT2D eigenvalue weighted by molar-refractivity contribution is 1.07. The Kier molecular flexibility index (Phi) is 4.03. The highest BCUT2D eigenvalue weighted by Gasteiger charge is 1.95. The van der Waals surface area contributed by atoms with Gasteiger partial charge in [-0.1, -0.05) is 22.0 Å². The van der Waals surface area contributed by atoms with Crippen LogP contribution < -0.4 is 5.32 Å². The predicted octanol–water partition coefficient (Wildman–Crippen LogP) is 3.75. The molecule has 2 heteroatoms. The van der Waals surface area contributed by atoms with Crippen molar-refractivity contribution < 1.29 is 0 Å². The zero-order valence-corrected chi connectivity index (χ0v) is 9.39. The van der Waals surface area contributed by atoms with Gasteiger partial charge in [-0.05, 0) is 37.1 Å². The summed E-state index contributed by atoms with van der Waals surface area (Å²) < 4.78 is 1.15. The third-order valence-corrected chi connectivity index (χ3v) is 2.73. The van der Waals surface area contributed by atoms with Crippen molar-refractivity contribution in [2.45, 2.75) is 13.3 Å². The summed E-state index contributed by atoms with van der Waals surface area (Å²) in [6, 6.07) is 6.26. The van der Waals surface area contributed by atoms with Gasteiger partial charge in [0.25, 0.3) is 0 Å². The molecule has 1 aromatic carbocycles. The van der Waals surface area contributed by atoms with Crippen LogP contribution in [0.25, 0.3) is 0 Å². The summed E-state index contributed by atoms with van der Waals surface area (Å²) in [5.74, 6) is 0. The van der Waals surface area contributed by atoms with Crippen molar-refractivity contribution in [1.82, 2.24) is 0 Å². The minimum absolute atomic E-state index is 0.949. The molecule has 0 aromatic heterocycles. The number of anilines is 1. The molecule has 0 fully saturated rings. The van der Waals surface area contributed by atoms with Gasteiger partial charge in [0.1, 0.15) is 0 Å². The van der Waals surface area contributed by atoms with E-state index < -0.39 is 0 Å². The minimum atomic E-state index is 0.949. The van der Waals surface area contributed by atoms with Crippen molar-refractivity contribution in [3.63, 3.8) is 0 Å². The Morgan fingerprint density at radius 3 is 2.92 bits per heavy atom. The van der Waals surface area contributed by atoms with E-state index in [0.29, 0.717) is 0 Å². The lowest BCUT2D eigenvalue weighted by Crippen LogP contribution is -1.99. The van der Waals surface area contributed by atoms with Crippen LogP contribution in [0.3, 0.4) is 0 Å². The Morgan fingerprint density at radius 2 is 2.31 bits per heavy atom. The Hall–Kier alpha value is -0.760. The van der Waals surface area contributed by atoms with E-state index in [2.05, 4.69) is 52.9 Å². The highest BCUT2D eigenvalue weighted by molar-refractivity contribution is 9.10. The van der Waals surface area contributed by atoms with E-state index in [1.807, 2.05) is 6.08 Å². The molecule has 0 bridgehead atoms. The maximum atomic E-state index is 3.68. The van der Waals surface area contributed by atoms with E-state index in [-0.39, 0.29) is 0 Å². The molecule has 0 saturated carbocycles. The van der Waals surface area contributed by atoms with Crippen molar-refractivity contribution in [3.8, 4) is 0 Å². The summed E-state index contributed by atoms with van der Waals surface area (Å²) in [5.41, 5.74) is 2.42. The fourth-order valence-electron chi connectivity index (χ4n) is 1.07. The first-order valence-electron chi connectivity index (χ1n) is 4.35. The van der Waals surface area contributed by atoms with E-state index in [9.17, 15) is 0 Å². The quantitative estimate of drug-likeness (QED) is 0.624. The smallest absolute Gasteiger partial charge is 0.0343 e. The third-order valence-electron chi connectivity index (χ3n) is 1.84. The van der Waals surface area contributed by atoms with Crippen molar-refractivity contribution in [1.29, 1.82) is 0 Å². The topological polar surface area (TPSA) is 12.0 Å². The summed E-state index contributed by atoms with van der Waals surface area (Å²) in [6.07, 6.45) is 2.91. The molecule has 0 aliphatic rings. The molecule has 0 atom stereocenters. The Balaban J connectivity index is 2.57. The monoisotopic (exact) mass is 239 g/mol. The van der Waals surface area contributed by atoms with E-state index in [0.717, 1.165) is 17.4 Å². The van der Waals surface area contributed by atoms with Crippen LogP contribution in [0.4, 0.5) is 5.69 Å². The number of halogens is 1. The Bertz CT molecular complexity index is 294. The van der Waals surface area contributed by atoms with Crippen LogP contribution in [-0.2, 0) is 0 Å². The van der Waals surface area contributed by atoms with Crippen molar-refractivity contribution in [2.75, 3.05) is 11.9 Å². The van der Waals surface area contributed by atoms with Crippen molar-refractivity contribution in [2.24, 2.45) is 0 Å². The average Bonchev–Trinajstić information content (AvgIpc) is 2.12. The molecule has 0 aliphatic carbocycles. The standard InChI is InChI=1S/C11H14BrN/c1-3-4-7-13-10-5-6-11(12)9(2)8-10/h3,5-6,8,13H,1,4,7H2,2H3. The molecule has 1 rings (SSSR count). The van der Waals surface area contributed by atoms with Crippen LogP contribution in [0.5, 0.6) is 0 Å². The molecule has 70 valence electrons. The fraction of sp³-hybridized carbons (Fsp3) is 0.273. The fourth-order valence-corrected chi connectivity index (χ4v) is 1.32. The first kappa shape index (κ1) is 10.3. The predicted molar refractivity (Wildman–Crippen MR) is 62.2 cm³/mol. The molecule has 0 heterocycles. The minimum Gasteiger partial charge on any atom is -0.385 e. The van der Waals surface area contributed by atoms with Crippen LogP contribution in [0.2, 0.25) is 0 Å². The number of aryl methyl sites for hydroxylation is 1. The van der Waals surface area contributed by atoms with Gasteiger partial charge >= 0.3 is 0 Å². The van der Waals surface area contributed by atoms with Crippen molar-refractivity contribution in [3.05, 3.63) is 40.9 Å². The van der Waals surface area contributed by atoms with Gasteiger partial charge in [0.05, 0.1) is 0 Å². The summed E-state index contributed by atoms with van der Waals surface area (Å²) >= 11 is 3.47. The van der Waals surface area contributed by atoms with Gasteiger partial charge in [0.2, 0.25) is 0 Å². The number of hydrogen-bond donors (Lipinski definition) is 1. The maximum absolute atomic E-state index is 3.68. The molecule has 1 aromatic rings. The van der Waals surface area contributed by atoms with Gasteiger partial charge in [-0.15, -0.1) is 6.58 Å². The third kappa shape index (κ3) is 3.23. The van der Waals surface area contributed by atoms with Gasteiger partial charge in [-0.25, -0.2) is 0 Å². The summed E-state index contributed by atoms with van der Waals surface area (Å²) in [7, 11) is 0. The molecule has 0 saturated heterocycles. The Labute approximate surface area is 88.0 Å². The van der Waals surface area contributed by atoms with Gasteiger partial charge < -0.3 is 5.32 Å². The second kappa shape index (κ2) is 5.07. The van der Waals surface area contributed by atoms with Crippen LogP contribution in [0.1, 0.15) is 12.0 Å². The summed E-state index contributed by atoms with van der Waals surface area (Å²) in [4.78, 5) is 0.